The molecule has 0 atom stereocenters. The second-order valence-corrected chi connectivity index (χ2v) is 31.7. The lowest BCUT2D eigenvalue weighted by molar-refractivity contribution is 0.111. The average Bonchev–Trinajstić information content (AvgIpc) is 1.59. The van der Waals surface area contributed by atoms with E-state index in [0.717, 1.165) is 139 Å². The number of carbonyl (C=O) groups excluding carboxylic acids is 2. The zero-order valence-corrected chi connectivity index (χ0v) is 57.9. The van der Waals surface area contributed by atoms with Gasteiger partial charge in [-0.05, 0) is 180 Å². The van der Waals surface area contributed by atoms with Crippen LogP contribution in [0.15, 0.2) is 193 Å². The van der Waals surface area contributed by atoms with E-state index >= 15 is 0 Å². The molecule has 0 aliphatic carbocycles. The molecule has 6 nitrogen and oxygen atoms in total. The Hall–Kier alpha value is -7.50. The summed E-state index contributed by atoms with van der Waals surface area (Å²) in [7, 11) is 0. The number of carbonyl (C=O) groups is 2. The number of hydrogen-bond acceptors (Lipinski definition) is 14. The van der Waals surface area contributed by atoms with Gasteiger partial charge in [-0.15, -0.1) is 90.7 Å². The SMILES string of the molecule is CCCCCCCCOc1ccc(N(c2ccc(-c3cc4sccc4s3)cc2)c2ccc(-c3cc4sc(-c5sc6cc(-c7ccc(N(c8ccc(OCCCCCCCC)cc8)c8ccc(-c9cc%10sc(C=O)cc%10s9)cc8)cc7)sc6c5C=O)cc4s3)cc2)cc1. The first-order valence-corrected chi connectivity index (χ1v) is 38.4. The molecule has 0 saturated heterocycles. The summed E-state index contributed by atoms with van der Waals surface area (Å²) in [5, 5.41) is 2.17. The number of hydrogen-bond donors (Lipinski definition) is 0. The van der Waals surface area contributed by atoms with Gasteiger partial charge in [0.25, 0.3) is 0 Å². The Morgan fingerprint density at radius 2 is 0.707 bits per heavy atom. The van der Waals surface area contributed by atoms with Crippen LogP contribution in [0.2, 0.25) is 0 Å². The van der Waals surface area contributed by atoms with Crippen LogP contribution in [0.5, 0.6) is 11.5 Å². The number of ether oxygens (including phenoxy) is 2. The third-order valence-electron chi connectivity index (χ3n) is 16.8. The van der Waals surface area contributed by atoms with Gasteiger partial charge in [-0.3, -0.25) is 9.59 Å². The fraction of sp³-hybridized carbons (Fsp3) is 0.205. The second-order valence-electron chi connectivity index (χ2n) is 23.2. The zero-order chi connectivity index (χ0) is 62.3. The number of benzene rings is 6. The highest BCUT2D eigenvalue weighted by Crippen LogP contribution is 2.51. The average molecular weight is 1350 g/mol. The number of thiophene rings is 8. The Morgan fingerprint density at radius 1 is 0.337 bits per heavy atom. The molecule has 0 fully saturated rings. The quantitative estimate of drug-likeness (QED) is 0.0344. The third-order valence-corrected chi connectivity index (χ3v) is 26.2. The van der Waals surface area contributed by atoms with Gasteiger partial charge in [0.15, 0.2) is 12.6 Å². The van der Waals surface area contributed by atoms with Gasteiger partial charge in [0.2, 0.25) is 0 Å². The second kappa shape index (κ2) is 28.8. The molecule has 0 N–H and O–H groups in total. The van der Waals surface area contributed by atoms with E-state index in [4.69, 9.17) is 9.47 Å². The van der Waals surface area contributed by atoms with Crippen molar-refractivity contribution in [2.75, 3.05) is 23.0 Å². The highest BCUT2D eigenvalue weighted by Gasteiger charge is 2.22. The van der Waals surface area contributed by atoms with Gasteiger partial charge in [-0.2, -0.15) is 0 Å². The van der Waals surface area contributed by atoms with Gasteiger partial charge in [0.05, 0.1) is 33.2 Å². The molecule has 8 heterocycles. The lowest BCUT2D eigenvalue weighted by Crippen LogP contribution is -2.10. The van der Waals surface area contributed by atoms with E-state index < -0.39 is 0 Å². The van der Waals surface area contributed by atoms with Gasteiger partial charge in [-0.25, -0.2) is 0 Å². The van der Waals surface area contributed by atoms with Crippen LogP contribution in [0.3, 0.4) is 0 Å². The molecule has 0 radical (unpaired) electrons. The van der Waals surface area contributed by atoms with Gasteiger partial charge in [0.1, 0.15) is 11.5 Å². The van der Waals surface area contributed by atoms with Crippen molar-refractivity contribution in [1.82, 2.24) is 0 Å². The van der Waals surface area contributed by atoms with Crippen LogP contribution >= 0.6 is 90.7 Å². The van der Waals surface area contributed by atoms with E-state index in [1.807, 2.05) is 17.4 Å². The van der Waals surface area contributed by atoms with Crippen molar-refractivity contribution < 1.29 is 19.1 Å². The Balaban J connectivity index is 0.682. The minimum Gasteiger partial charge on any atom is -0.494 e. The first-order valence-electron chi connectivity index (χ1n) is 31.9. The lowest BCUT2D eigenvalue weighted by atomic mass is 10.1. The fourth-order valence-electron chi connectivity index (χ4n) is 11.9. The van der Waals surface area contributed by atoms with E-state index in [0.29, 0.717) is 0 Å². The predicted molar refractivity (Wildman–Crippen MR) is 405 cm³/mol. The van der Waals surface area contributed by atoms with E-state index in [1.54, 1.807) is 68.0 Å². The number of rotatable bonds is 29. The minimum atomic E-state index is 0.719. The molecule has 0 saturated carbocycles. The molecule has 14 aromatic rings. The van der Waals surface area contributed by atoms with E-state index in [9.17, 15) is 9.59 Å². The van der Waals surface area contributed by atoms with Crippen LogP contribution in [0.25, 0.3) is 89.1 Å². The van der Waals surface area contributed by atoms with Crippen LogP contribution in [0, 0.1) is 0 Å². The van der Waals surface area contributed by atoms with Crippen molar-refractivity contribution in [1.29, 1.82) is 0 Å². The first kappa shape index (κ1) is 62.0. The number of anilines is 6. The molecule has 14 rings (SSSR count). The smallest absolute Gasteiger partial charge is 0.160 e. The Bertz CT molecular complexity index is 4670. The van der Waals surface area contributed by atoms with E-state index in [1.165, 1.54) is 120 Å². The summed E-state index contributed by atoms with van der Waals surface area (Å²) in [5.41, 5.74) is 11.8. The summed E-state index contributed by atoms with van der Waals surface area (Å²) >= 11 is 13.9. The monoisotopic (exact) mass is 1350 g/mol. The molecule has 0 amide bonds. The zero-order valence-electron chi connectivity index (χ0n) is 51.3. The highest BCUT2D eigenvalue weighted by molar-refractivity contribution is 7.35. The third kappa shape index (κ3) is 13.6. The normalized spacial score (nSPS) is 11.6. The Morgan fingerprint density at radius 3 is 1.14 bits per heavy atom. The molecule has 6 aromatic carbocycles. The van der Waals surface area contributed by atoms with Gasteiger partial charge in [0, 0.05) is 91.4 Å². The number of aldehydes is 2. The van der Waals surface area contributed by atoms with Crippen molar-refractivity contribution in [3.63, 3.8) is 0 Å². The summed E-state index contributed by atoms with van der Waals surface area (Å²) in [6.45, 7) is 5.97. The van der Waals surface area contributed by atoms with Gasteiger partial charge >= 0.3 is 0 Å². The summed E-state index contributed by atoms with van der Waals surface area (Å²) in [6, 6.07) is 68.1. The van der Waals surface area contributed by atoms with Crippen LogP contribution in [0.1, 0.15) is 111 Å². The van der Waals surface area contributed by atoms with Crippen molar-refractivity contribution in [2.45, 2.75) is 90.9 Å². The number of fused-ring (bicyclic) bond motifs is 4. The number of nitrogens with zero attached hydrogens (tertiary/aromatic N) is 2. The molecule has 0 aliphatic rings. The van der Waals surface area contributed by atoms with Crippen LogP contribution in [-0.2, 0) is 0 Å². The molecular formula is C78H68N2O4S8. The summed E-state index contributed by atoms with van der Waals surface area (Å²) in [4.78, 5) is 36.9. The lowest BCUT2D eigenvalue weighted by Gasteiger charge is -2.26. The van der Waals surface area contributed by atoms with E-state index in [2.05, 4.69) is 211 Å². The molecule has 92 heavy (non-hydrogen) atoms. The maximum Gasteiger partial charge on any atom is 0.160 e. The predicted octanol–water partition coefficient (Wildman–Crippen LogP) is 27.2. The fourth-order valence-corrected chi connectivity index (χ4v) is 21.3. The first-order chi connectivity index (χ1) is 45.4. The summed E-state index contributed by atoms with van der Waals surface area (Å²) in [5.74, 6) is 1.78. The van der Waals surface area contributed by atoms with Crippen LogP contribution in [-0.4, -0.2) is 25.8 Å². The Kier molecular flexibility index (Phi) is 19.4. The molecule has 8 aromatic heterocycles. The molecule has 0 bridgehead atoms. The number of unbranched alkanes of at least 4 members (excludes halogenated alkanes) is 10. The molecular weight excluding hydrogens is 1290 g/mol. The van der Waals surface area contributed by atoms with Gasteiger partial charge in [-0.1, -0.05) is 127 Å². The van der Waals surface area contributed by atoms with Crippen LogP contribution in [0.4, 0.5) is 34.1 Å². The topological polar surface area (TPSA) is 59.1 Å². The maximum absolute atomic E-state index is 13.1. The molecule has 0 aliphatic heterocycles. The maximum atomic E-state index is 13.1. The van der Waals surface area contributed by atoms with E-state index in [-0.39, 0.29) is 0 Å². The van der Waals surface area contributed by atoms with Crippen molar-refractivity contribution >= 4 is 175 Å². The van der Waals surface area contributed by atoms with Crippen molar-refractivity contribution in [3.05, 3.63) is 204 Å². The molecule has 0 spiro atoms. The standard InChI is InChI=1S/C78H68N2O4S8/c1-3-5-7-9-11-13-40-83-61-35-31-59(32-36-61)79(55-23-15-51(16-24-55)66-44-70-65(87-66)39-42-85-70)57-27-19-53(20-28-57)68-46-73-74(89-68)48-75(90-73)77-64(50-82)78-76(92-77)47-69(91-78)54-21-29-58(30-22-54)80(60-33-37-62(38-34-60)84-41-14-12-10-8-6-4-2)56-25-17-52(18-26-56)67-45-72-71(88-67)43-63(49-81)86-72/h15-39,42-50H,3-14,40-41H2,1-2H3. The van der Waals surface area contributed by atoms with Gasteiger partial charge < -0.3 is 19.3 Å². The largest absolute Gasteiger partial charge is 0.494 e. The van der Waals surface area contributed by atoms with Crippen molar-refractivity contribution in [3.8, 4) is 63.0 Å². The molecule has 0 unspecified atom stereocenters. The summed E-state index contributed by atoms with van der Waals surface area (Å²) in [6.07, 6.45) is 16.8. The summed E-state index contributed by atoms with van der Waals surface area (Å²) < 4.78 is 22.0. The minimum absolute atomic E-state index is 0.719. The van der Waals surface area contributed by atoms with Crippen molar-refractivity contribution in [2.24, 2.45) is 0 Å². The highest BCUT2D eigenvalue weighted by atomic mass is 32.1. The van der Waals surface area contributed by atoms with Crippen LogP contribution < -0.4 is 19.3 Å². The molecule has 14 heteroatoms. The molecule has 462 valence electrons. The Labute approximate surface area is 569 Å².